The van der Waals surface area contributed by atoms with Crippen LogP contribution in [0, 0.1) is 0 Å². The molecule has 0 radical (unpaired) electrons. The molecule has 1 saturated carbocycles. The maximum Gasteiger partial charge on any atom is 0.318 e. The van der Waals surface area contributed by atoms with Crippen molar-refractivity contribution in [2.24, 2.45) is 0 Å². The van der Waals surface area contributed by atoms with E-state index in [1.54, 1.807) is 0 Å². The average molecular weight is 399 g/mol. The van der Waals surface area contributed by atoms with Crippen molar-refractivity contribution in [1.82, 2.24) is 5.32 Å². The van der Waals surface area contributed by atoms with E-state index in [0.29, 0.717) is 6.54 Å². The van der Waals surface area contributed by atoms with E-state index in [0.717, 1.165) is 24.0 Å². The quantitative estimate of drug-likeness (QED) is 0.578. The zero-order valence-electron chi connectivity index (χ0n) is 16.8. The number of rotatable bonds is 8. The highest BCUT2D eigenvalue weighted by molar-refractivity contribution is 5.85. The van der Waals surface area contributed by atoms with Gasteiger partial charge in [-0.15, -0.1) is 0 Å². The summed E-state index contributed by atoms with van der Waals surface area (Å²) in [6.07, 6.45) is 2.11. The smallest absolute Gasteiger partial charge is 0.318 e. The molecule has 1 fully saturated rings. The van der Waals surface area contributed by atoms with Gasteiger partial charge in [0.15, 0.2) is 6.61 Å². The van der Waals surface area contributed by atoms with E-state index < -0.39 is 11.9 Å². The average Bonchev–Trinajstić information content (AvgIpc) is 3.60. The fourth-order valence-electron chi connectivity index (χ4n) is 3.80. The number of carbonyl (C=O) groups is 2. The monoisotopic (exact) mass is 399 g/mol. The number of amides is 1. The van der Waals surface area contributed by atoms with Crippen LogP contribution in [0.25, 0.3) is 0 Å². The van der Waals surface area contributed by atoms with Crippen LogP contribution in [0.4, 0.5) is 0 Å². The predicted octanol–water partition coefficient (Wildman–Crippen LogP) is 4.21. The van der Waals surface area contributed by atoms with Crippen molar-refractivity contribution in [3.63, 3.8) is 0 Å². The Morgan fingerprint density at radius 2 is 1.30 bits per heavy atom. The normalized spacial score (nSPS) is 14.2. The van der Waals surface area contributed by atoms with E-state index in [1.807, 2.05) is 78.9 Å². The van der Waals surface area contributed by atoms with E-state index in [1.165, 1.54) is 5.56 Å². The molecule has 1 aliphatic carbocycles. The van der Waals surface area contributed by atoms with Gasteiger partial charge in [0, 0.05) is 12.0 Å². The van der Waals surface area contributed by atoms with E-state index in [4.69, 9.17) is 4.74 Å². The number of carbonyl (C=O) groups excluding carboxylic acids is 2. The highest BCUT2D eigenvalue weighted by atomic mass is 16.5. The minimum Gasteiger partial charge on any atom is -0.455 e. The van der Waals surface area contributed by atoms with Crippen molar-refractivity contribution in [2.45, 2.75) is 24.2 Å². The molecule has 0 heterocycles. The Labute approximate surface area is 176 Å². The number of nitrogens with one attached hydrogen (secondary N) is 1. The Bertz CT molecular complexity index is 943. The molecule has 1 N–H and O–H groups in total. The first-order valence-electron chi connectivity index (χ1n) is 10.3. The molecule has 0 saturated heterocycles. The summed E-state index contributed by atoms with van der Waals surface area (Å²) < 4.78 is 5.42. The summed E-state index contributed by atoms with van der Waals surface area (Å²) in [4.78, 5) is 25.2. The van der Waals surface area contributed by atoms with Gasteiger partial charge in [-0.3, -0.25) is 9.59 Å². The molecule has 3 aromatic carbocycles. The minimum absolute atomic E-state index is 0.0253. The molecule has 152 valence electrons. The first kappa shape index (κ1) is 19.9. The third kappa shape index (κ3) is 4.60. The van der Waals surface area contributed by atoms with Crippen molar-refractivity contribution < 1.29 is 14.3 Å². The van der Waals surface area contributed by atoms with Gasteiger partial charge in [-0.05, 0) is 29.5 Å². The molecular weight excluding hydrogens is 374 g/mol. The van der Waals surface area contributed by atoms with Gasteiger partial charge in [0.05, 0.1) is 0 Å². The van der Waals surface area contributed by atoms with Crippen molar-refractivity contribution in [2.75, 3.05) is 13.2 Å². The number of hydrogen-bond donors (Lipinski definition) is 1. The number of benzene rings is 3. The Morgan fingerprint density at radius 3 is 1.80 bits per heavy atom. The van der Waals surface area contributed by atoms with Crippen LogP contribution in [0.15, 0.2) is 91.0 Å². The van der Waals surface area contributed by atoms with Gasteiger partial charge in [-0.25, -0.2) is 0 Å². The van der Waals surface area contributed by atoms with Crippen LogP contribution in [0.5, 0.6) is 0 Å². The summed E-state index contributed by atoms with van der Waals surface area (Å²) in [5, 5.41) is 2.94. The summed E-state index contributed by atoms with van der Waals surface area (Å²) in [5.41, 5.74) is 2.96. The van der Waals surface area contributed by atoms with Gasteiger partial charge in [0.2, 0.25) is 0 Å². The lowest BCUT2D eigenvalue weighted by molar-refractivity contribution is -0.149. The van der Waals surface area contributed by atoms with E-state index in [2.05, 4.69) is 17.4 Å². The van der Waals surface area contributed by atoms with Crippen LogP contribution in [-0.4, -0.2) is 25.0 Å². The molecule has 1 aliphatic rings. The van der Waals surface area contributed by atoms with Crippen LogP contribution in [0.2, 0.25) is 0 Å². The molecule has 0 atom stereocenters. The van der Waals surface area contributed by atoms with Crippen LogP contribution in [0.3, 0.4) is 0 Å². The largest absolute Gasteiger partial charge is 0.455 e. The summed E-state index contributed by atoms with van der Waals surface area (Å²) >= 11 is 0. The summed E-state index contributed by atoms with van der Waals surface area (Å²) in [6.45, 7) is 0.286. The SMILES string of the molecule is O=C(COC(=O)C(c1ccccc1)c1ccccc1)NCC1(c2ccccc2)CC1. The Hall–Kier alpha value is -3.40. The summed E-state index contributed by atoms with van der Waals surface area (Å²) in [5.74, 6) is -1.25. The van der Waals surface area contributed by atoms with Gasteiger partial charge < -0.3 is 10.1 Å². The zero-order chi connectivity index (χ0) is 20.8. The molecule has 3 aromatic rings. The predicted molar refractivity (Wildman–Crippen MR) is 116 cm³/mol. The molecule has 30 heavy (non-hydrogen) atoms. The zero-order valence-corrected chi connectivity index (χ0v) is 16.8. The lowest BCUT2D eigenvalue weighted by Crippen LogP contribution is -2.35. The third-order valence-corrected chi connectivity index (χ3v) is 5.71. The molecule has 1 amide bonds. The number of hydrogen-bond acceptors (Lipinski definition) is 3. The Balaban J connectivity index is 1.36. The fraction of sp³-hybridized carbons (Fsp3) is 0.231. The van der Waals surface area contributed by atoms with Crippen molar-refractivity contribution in [3.8, 4) is 0 Å². The van der Waals surface area contributed by atoms with Crippen molar-refractivity contribution in [1.29, 1.82) is 0 Å². The molecule has 4 nitrogen and oxygen atoms in total. The first-order valence-corrected chi connectivity index (χ1v) is 10.3. The molecule has 0 unspecified atom stereocenters. The summed E-state index contributed by atoms with van der Waals surface area (Å²) in [6, 6.07) is 29.2. The molecule has 4 rings (SSSR count). The highest BCUT2D eigenvalue weighted by Gasteiger charge is 2.44. The van der Waals surface area contributed by atoms with Crippen molar-refractivity contribution >= 4 is 11.9 Å². The number of ether oxygens (including phenoxy) is 1. The van der Waals surface area contributed by atoms with Crippen molar-refractivity contribution in [3.05, 3.63) is 108 Å². The fourth-order valence-corrected chi connectivity index (χ4v) is 3.80. The highest BCUT2D eigenvalue weighted by Crippen LogP contribution is 2.47. The Morgan fingerprint density at radius 1 is 0.800 bits per heavy atom. The van der Waals surface area contributed by atoms with Gasteiger partial charge in [0.1, 0.15) is 5.92 Å². The van der Waals surface area contributed by atoms with E-state index in [-0.39, 0.29) is 17.9 Å². The second kappa shape index (κ2) is 8.95. The van der Waals surface area contributed by atoms with Gasteiger partial charge in [-0.1, -0.05) is 91.0 Å². The standard InChI is InChI=1S/C26H25NO3/c28-23(27-19-26(16-17-26)22-14-8-3-9-15-22)18-30-25(29)24(20-10-4-1-5-11-20)21-12-6-2-7-13-21/h1-15,24H,16-19H2,(H,27,28). The van der Waals surface area contributed by atoms with Crippen LogP contribution in [-0.2, 0) is 19.7 Å². The van der Waals surface area contributed by atoms with Gasteiger partial charge in [-0.2, -0.15) is 0 Å². The lowest BCUT2D eigenvalue weighted by Gasteiger charge is -2.18. The molecule has 0 spiro atoms. The van der Waals surface area contributed by atoms with Gasteiger partial charge in [0.25, 0.3) is 5.91 Å². The first-order chi connectivity index (χ1) is 14.7. The minimum atomic E-state index is -0.556. The maximum atomic E-state index is 12.9. The van der Waals surface area contributed by atoms with Crippen LogP contribution in [0.1, 0.15) is 35.4 Å². The molecule has 0 aliphatic heterocycles. The third-order valence-electron chi connectivity index (χ3n) is 5.71. The second-order valence-corrected chi connectivity index (χ2v) is 7.79. The Kier molecular flexibility index (Phi) is 5.94. The molecular formula is C26H25NO3. The van der Waals surface area contributed by atoms with Crippen LogP contribution >= 0.6 is 0 Å². The molecule has 4 heteroatoms. The van der Waals surface area contributed by atoms with Crippen LogP contribution < -0.4 is 5.32 Å². The summed E-state index contributed by atoms with van der Waals surface area (Å²) in [7, 11) is 0. The molecule has 0 aromatic heterocycles. The topological polar surface area (TPSA) is 55.4 Å². The number of esters is 1. The van der Waals surface area contributed by atoms with E-state index in [9.17, 15) is 9.59 Å². The molecule has 0 bridgehead atoms. The lowest BCUT2D eigenvalue weighted by atomic mass is 9.91. The second-order valence-electron chi connectivity index (χ2n) is 7.79. The van der Waals surface area contributed by atoms with E-state index >= 15 is 0 Å². The maximum absolute atomic E-state index is 12.9. The van der Waals surface area contributed by atoms with Gasteiger partial charge >= 0.3 is 5.97 Å².